The molecule has 2 aromatic rings. The molecule has 1 nitrogen and oxygen atoms in total. The highest BCUT2D eigenvalue weighted by Gasteiger charge is 2.13. The van der Waals surface area contributed by atoms with Crippen molar-refractivity contribution < 1.29 is 9.18 Å². The second-order valence-corrected chi connectivity index (χ2v) is 5.32. The number of halogens is 2. The lowest BCUT2D eigenvalue weighted by molar-refractivity contribution is 0.0989. The third-order valence-corrected chi connectivity index (χ3v) is 3.80. The number of ketones is 1. The van der Waals surface area contributed by atoms with Crippen LogP contribution in [0.25, 0.3) is 0 Å². The number of hydrogen-bond donors (Lipinski definition) is 0. The van der Waals surface area contributed by atoms with E-state index in [4.69, 9.17) is 11.6 Å². The fourth-order valence-electron chi connectivity index (χ4n) is 1.82. The minimum atomic E-state index is -0.403. The average Bonchev–Trinajstić information content (AvgIpc) is 2.42. The van der Waals surface area contributed by atoms with Crippen LogP contribution in [-0.2, 0) is 6.42 Å². The molecule has 0 bridgehead atoms. The normalized spacial score (nSPS) is 10.5. The smallest absolute Gasteiger partial charge is 0.168 e. The molecular weight excluding hydrogens is 283 g/mol. The van der Waals surface area contributed by atoms with Crippen molar-refractivity contribution in [2.45, 2.75) is 11.3 Å². The van der Waals surface area contributed by atoms with Crippen molar-refractivity contribution in [1.29, 1.82) is 0 Å². The number of carbonyl (C=O) groups is 1. The second-order valence-electron chi connectivity index (χ2n) is 4.04. The van der Waals surface area contributed by atoms with Gasteiger partial charge in [-0.1, -0.05) is 29.8 Å². The minimum absolute atomic E-state index is 0.0178. The van der Waals surface area contributed by atoms with Gasteiger partial charge in [0.25, 0.3) is 0 Å². The first kappa shape index (κ1) is 14.1. The zero-order valence-corrected chi connectivity index (χ0v) is 11.9. The largest absolute Gasteiger partial charge is 0.294 e. The predicted molar refractivity (Wildman–Crippen MR) is 77.7 cm³/mol. The third-order valence-electron chi connectivity index (χ3n) is 2.77. The van der Waals surface area contributed by atoms with Gasteiger partial charge in [0.2, 0.25) is 0 Å². The lowest BCUT2D eigenvalue weighted by atomic mass is 10.0. The van der Waals surface area contributed by atoms with E-state index in [1.54, 1.807) is 12.1 Å². The van der Waals surface area contributed by atoms with Crippen LogP contribution in [-0.4, -0.2) is 12.0 Å². The zero-order valence-electron chi connectivity index (χ0n) is 10.3. The van der Waals surface area contributed by atoms with Gasteiger partial charge in [-0.25, -0.2) is 4.39 Å². The number of Topliss-reactive ketones (excluding diaryl/α,β-unsaturated/α-hetero) is 1. The summed E-state index contributed by atoms with van der Waals surface area (Å²) in [5, 5.41) is 0.433. The molecule has 19 heavy (non-hydrogen) atoms. The molecule has 0 radical (unpaired) electrons. The van der Waals surface area contributed by atoms with Gasteiger partial charge in [-0.15, -0.1) is 11.8 Å². The highest BCUT2D eigenvalue weighted by molar-refractivity contribution is 7.98. The molecule has 0 aliphatic heterocycles. The Morgan fingerprint density at radius 2 is 2.00 bits per heavy atom. The van der Waals surface area contributed by atoms with Gasteiger partial charge in [0.1, 0.15) is 5.82 Å². The first-order valence-corrected chi connectivity index (χ1v) is 7.32. The first-order valence-electron chi connectivity index (χ1n) is 5.72. The van der Waals surface area contributed by atoms with Gasteiger partial charge in [0, 0.05) is 21.9 Å². The molecule has 0 spiro atoms. The van der Waals surface area contributed by atoms with Crippen molar-refractivity contribution in [3.63, 3.8) is 0 Å². The molecule has 0 fully saturated rings. The number of rotatable bonds is 4. The molecule has 0 heterocycles. The Kier molecular flexibility index (Phi) is 4.61. The molecule has 0 aromatic heterocycles. The second kappa shape index (κ2) is 6.22. The molecular formula is C15H12ClFOS. The summed E-state index contributed by atoms with van der Waals surface area (Å²) in [4.78, 5) is 13.1. The highest BCUT2D eigenvalue weighted by Crippen LogP contribution is 2.23. The van der Waals surface area contributed by atoms with Crippen molar-refractivity contribution in [3.8, 4) is 0 Å². The van der Waals surface area contributed by atoms with Gasteiger partial charge in [-0.2, -0.15) is 0 Å². The molecule has 0 saturated heterocycles. The molecule has 2 rings (SSSR count). The van der Waals surface area contributed by atoms with Gasteiger partial charge < -0.3 is 0 Å². The highest BCUT2D eigenvalue weighted by atomic mass is 35.5. The lowest BCUT2D eigenvalue weighted by Crippen LogP contribution is -2.06. The van der Waals surface area contributed by atoms with Crippen LogP contribution in [0.5, 0.6) is 0 Å². The summed E-state index contributed by atoms with van der Waals surface area (Å²) in [5.41, 5.74) is 0.947. The van der Waals surface area contributed by atoms with Gasteiger partial charge in [0.15, 0.2) is 5.78 Å². The van der Waals surface area contributed by atoms with E-state index in [0.29, 0.717) is 16.1 Å². The van der Waals surface area contributed by atoms with Crippen molar-refractivity contribution in [3.05, 3.63) is 64.4 Å². The molecule has 0 amide bonds. The Bertz CT molecular complexity index is 613. The van der Waals surface area contributed by atoms with Gasteiger partial charge in [-0.3, -0.25) is 4.79 Å². The topological polar surface area (TPSA) is 17.1 Å². The lowest BCUT2D eigenvalue weighted by Gasteiger charge is -2.07. The molecule has 0 N–H and O–H groups in total. The molecule has 4 heteroatoms. The maximum atomic E-state index is 13.6. The molecule has 0 aliphatic carbocycles. The zero-order chi connectivity index (χ0) is 13.8. The molecule has 2 aromatic carbocycles. The molecule has 0 unspecified atom stereocenters. The van der Waals surface area contributed by atoms with E-state index in [0.717, 1.165) is 4.90 Å². The summed E-state index contributed by atoms with van der Waals surface area (Å²) in [7, 11) is 0. The minimum Gasteiger partial charge on any atom is -0.294 e. The van der Waals surface area contributed by atoms with Crippen molar-refractivity contribution in [2.24, 2.45) is 0 Å². The third kappa shape index (κ3) is 3.37. The van der Waals surface area contributed by atoms with Crippen LogP contribution in [0.1, 0.15) is 15.9 Å². The molecule has 0 saturated carbocycles. The van der Waals surface area contributed by atoms with E-state index in [9.17, 15) is 9.18 Å². The maximum absolute atomic E-state index is 13.6. The van der Waals surface area contributed by atoms with Crippen LogP contribution in [0.3, 0.4) is 0 Å². The summed E-state index contributed by atoms with van der Waals surface area (Å²) in [6.07, 6.45) is 1.93. The molecule has 98 valence electrons. The van der Waals surface area contributed by atoms with Crippen molar-refractivity contribution in [2.75, 3.05) is 6.26 Å². The number of thioether (sulfide) groups is 1. The SMILES string of the molecule is CSc1ccccc1C(=O)Cc1cc(Cl)ccc1F. The quantitative estimate of drug-likeness (QED) is 0.604. The van der Waals surface area contributed by atoms with E-state index in [1.165, 1.54) is 30.0 Å². The number of hydrogen-bond acceptors (Lipinski definition) is 2. The van der Waals surface area contributed by atoms with Crippen LogP contribution >= 0.6 is 23.4 Å². The summed E-state index contributed by atoms with van der Waals surface area (Å²) < 4.78 is 13.6. The van der Waals surface area contributed by atoms with E-state index in [1.807, 2.05) is 18.4 Å². The van der Waals surface area contributed by atoms with Gasteiger partial charge in [0.05, 0.1) is 0 Å². The first-order chi connectivity index (χ1) is 9.11. The van der Waals surface area contributed by atoms with Crippen LogP contribution in [0, 0.1) is 5.82 Å². The molecule has 0 atom stereocenters. The fourth-order valence-corrected chi connectivity index (χ4v) is 2.63. The van der Waals surface area contributed by atoms with Crippen LogP contribution in [0.4, 0.5) is 4.39 Å². The summed E-state index contributed by atoms with van der Waals surface area (Å²) in [5.74, 6) is -0.509. The summed E-state index contributed by atoms with van der Waals surface area (Å²) in [6, 6.07) is 11.6. The van der Waals surface area contributed by atoms with E-state index in [-0.39, 0.29) is 12.2 Å². The standard InChI is InChI=1S/C15H12ClFOS/c1-19-15-5-3-2-4-12(15)14(18)9-10-8-11(16)6-7-13(10)17/h2-8H,9H2,1H3. The Hall–Kier alpha value is -1.32. The number of carbonyl (C=O) groups excluding carboxylic acids is 1. The van der Waals surface area contributed by atoms with Crippen molar-refractivity contribution in [1.82, 2.24) is 0 Å². The van der Waals surface area contributed by atoms with Crippen LogP contribution in [0.2, 0.25) is 5.02 Å². The Labute approximate surface area is 120 Å². The maximum Gasteiger partial charge on any atom is 0.168 e. The van der Waals surface area contributed by atoms with E-state index >= 15 is 0 Å². The average molecular weight is 295 g/mol. The van der Waals surface area contributed by atoms with Gasteiger partial charge in [-0.05, 0) is 36.1 Å². The van der Waals surface area contributed by atoms with Crippen LogP contribution < -0.4 is 0 Å². The molecule has 0 aliphatic rings. The summed E-state index contributed by atoms with van der Waals surface area (Å²) in [6.45, 7) is 0. The van der Waals surface area contributed by atoms with Crippen molar-refractivity contribution >= 4 is 29.1 Å². The fraction of sp³-hybridized carbons (Fsp3) is 0.133. The summed E-state index contributed by atoms with van der Waals surface area (Å²) >= 11 is 7.32. The van der Waals surface area contributed by atoms with E-state index < -0.39 is 5.82 Å². The van der Waals surface area contributed by atoms with Gasteiger partial charge >= 0.3 is 0 Å². The Balaban J connectivity index is 2.28. The van der Waals surface area contributed by atoms with E-state index in [2.05, 4.69) is 0 Å². The van der Waals surface area contributed by atoms with Crippen LogP contribution in [0.15, 0.2) is 47.4 Å². The monoisotopic (exact) mass is 294 g/mol. The predicted octanol–water partition coefficient (Wildman–Crippen LogP) is 4.63. The Morgan fingerprint density at radius 3 is 2.74 bits per heavy atom. The Morgan fingerprint density at radius 1 is 1.26 bits per heavy atom. The number of benzene rings is 2.